The first-order valence-electron chi connectivity index (χ1n) is 6.33. The van der Waals surface area contributed by atoms with Crippen molar-refractivity contribution in [2.24, 2.45) is 10.9 Å². The number of hydrogen-bond acceptors (Lipinski definition) is 3. The molecule has 4 N–H and O–H groups in total. The minimum Gasteiger partial charge on any atom is -0.409 e. The molecule has 0 fully saturated rings. The zero-order valence-electron chi connectivity index (χ0n) is 11.1. The van der Waals surface area contributed by atoms with E-state index in [4.69, 9.17) is 34.1 Å². The normalized spacial score (nSPS) is 13.0. The van der Waals surface area contributed by atoms with Crippen LogP contribution in [0, 0.1) is 0 Å². The van der Waals surface area contributed by atoms with Gasteiger partial charge in [-0.2, -0.15) is 0 Å². The molecule has 6 heteroatoms. The highest BCUT2D eigenvalue weighted by molar-refractivity contribution is 6.35. The van der Waals surface area contributed by atoms with Gasteiger partial charge in [0.1, 0.15) is 5.84 Å². The van der Waals surface area contributed by atoms with E-state index >= 15 is 0 Å². The van der Waals surface area contributed by atoms with Crippen molar-refractivity contribution in [1.82, 2.24) is 0 Å². The van der Waals surface area contributed by atoms with Crippen LogP contribution >= 0.6 is 23.2 Å². The summed E-state index contributed by atoms with van der Waals surface area (Å²) in [5.41, 5.74) is 7.43. The Bertz CT molecular complexity index is 632. The fraction of sp³-hybridized carbons (Fsp3) is 0.133. The monoisotopic (exact) mass is 323 g/mol. The quantitative estimate of drug-likeness (QED) is 0.338. The third kappa shape index (κ3) is 4.03. The number of oxime groups is 1. The van der Waals surface area contributed by atoms with Crippen molar-refractivity contribution in [1.29, 1.82) is 0 Å². The Balaban J connectivity index is 2.19. The lowest BCUT2D eigenvalue weighted by Gasteiger charge is -2.18. The maximum atomic E-state index is 8.95. The Labute approximate surface area is 133 Å². The summed E-state index contributed by atoms with van der Waals surface area (Å²) in [7, 11) is 0. The number of nitrogens with two attached hydrogens (primary N) is 1. The summed E-state index contributed by atoms with van der Waals surface area (Å²) in [6, 6.07) is 14.7. The molecule has 0 saturated carbocycles. The molecule has 0 aliphatic rings. The highest BCUT2D eigenvalue weighted by Crippen LogP contribution is 2.26. The first kappa shape index (κ1) is 15.5. The SMILES string of the molecule is NC(=NO)C(CNc1cc(Cl)ccc1Cl)c1ccccc1. The van der Waals surface area contributed by atoms with Crippen molar-refractivity contribution < 1.29 is 5.21 Å². The molecule has 0 amide bonds. The molecule has 0 heterocycles. The summed E-state index contributed by atoms with van der Waals surface area (Å²) in [5, 5.41) is 16.4. The lowest BCUT2D eigenvalue weighted by Crippen LogP contribution is -2.28. The van der Waals surface area contributed by atoms with Crippen molar-refractivity contribution in [3.63, 3.8) is 0 Å². The van der Waals surface area contributed by atoms with Crippen LogP contribution in [0.1, 0.15) is 11.5 Å². The third-order valence-corrected chi connectivity index (χ3v) is 3.66. The van der Waals surface area contributed by atoms with Gasteiger partial charge < -0.3 is 16.3 Å². The standard InChI is InChI=1S/C15H15Cl2N3O/c16-11-6-7-13(17)14(8-11)19-9-12(15(18)20-21)10-4-2-1-3-5-10/h1-8,12,19,21H,9H2,(H2,18,20). The van der Waals surface area contributed by atoms with E-state index in [1.165, 1.54) is 0 Å². The van der Waals surface area contributed by atoms with Gasteiger partial charge in [-0.15, -0.1) is 0 Å². The van der Waals surface area contributed by atoms with Gasteiger partial charge in [-0.05, 0) is 23.8 Å². The molecule has 110 valence electrons. The molecule has 0 saturated heterocycles. The van der Waals surface area contributed by atoms with Gasteiger partial charge in [0.25, 0.3) is 0 Å². The van der Waals surface area contributed by atoms with Gasteiger partial charge in [0.2, 0.25) is 0 Å². The summed E-state index contributed by atoms with van der Waals surface area (Å²) in [6.07, 6.45) is 0. The van der Waals surface area contributed by atoms with E-state index in [2.05, 4.69) is 10.5 Å². The van der Waals surface area contributed by atoms with Crippen LogP contribution in [0.2, 0.25) is 10.0 Å². The number of amidine groups is 1. The lowest BCUT2D eigenvalue weighted by atomic mass is 9.98. The fourth-order valence-corrected chi connectivity index (χ4v) is 2.35. The molecule has 1 unspecified atom stereocenters. The van der Waals surface area contributed by atoms with Gasteiger partial charge in [0.15, 0.2) is 0 Å². The van der Waals surface area contributed by atoms with Crippen LogP contribution in [0.3, 0.4) is 0 Å². The molecule has 2 rings (SSSR count). The second-order valence-electron chi connectivity index (χ2n) is 4.49. The van der Waals surface area contributed by atoms with Gasteiger partial charge in [-0.1, -0.05) is 58.7 Å². The Morgan fingerprint density at radius 2 is 1.90 bits per heavy atom. The van der Waals surface area contributed by atoms with E-state index < -0.39 is 0 Å². The largest absolute Gasteiger partial charge is 0.409 e. The third-order valence-electron chi connectivity index (χ3n) is 3.10. The summed E-state index contributed by atoms with van der Waals surface area (Å²) >= 11 is 12.1. The predicted molar refractivity (Wildman–Crippen MR) is 87.5 cm³/mol. The summed E-state index contributed by atoms with van der Waals surface area (Å²) in [6.45, 7) is 0.431. The molecule has 1 atom stereocenters. The molecule has 0 aliphatic carbocycles. The minimum absolute atomic E-state index is 0.131. The maximum Gasteiger partial charge on any atom is 0.148 e. The Morgan fingerprint density at radius 1 is 1.19 bits per heavy atom. The molecule has 2 aromatic carbocycles. The number of anilines is 1. The average molecular weight is 324 g/mol. The highest BCUT2D eigenvalue weighted by atomic mass is 35.5. The first-order chi connectivity index (χ1) is 10.1. The second kappa shape index (κ2) is 7.20. The van der Waals surface area contributed by atoms with Gasteiger partial charge in [0, 0.05) is 11.6 Å². The maximum absolute atomic E-state index is 8.95. The Morgan fingerprint density at radius 3 is 2.57 bits per heavy atom. The number of halogens is 2. The second-order valence-corrected chi connectivity index (χ2v) is 5.34. The smallest absolute Gasteiger partial charge is 0.148 e. The fourth-order valence-electron chi connectivity index (χ4n) is 1.99. The first-order valence-corrected chi connectivity index (χ1v) is 7.08. The van der Waals surface area contributed by atoms with E-state index in [1.54, 1.807) is 18.2 Å². The van der Waals surface area contributed by atoms with Crippen LogP contribution in [0.4, 0.5) is 5.69 Å². The zero-order valence-corrected chi connectivity index (χ0v) is 12.6. The van der Waals surface area contributed by atoms with Crippen molar-refractivity contribution in [2.45, 2.75) is 5.92 Å². The zero-order chi connectivity index (χ0) is 15.2. The number of nitrogens with one attached hydrogen (secondary N) is 1. The van der Waals surface area contributed by atoms with Gasteiger partial charge in [-0.3, -0.25) is 0 Å². The molecule has 2 aromatic rings. The number of nitrogens with zero attached hydrogens (tertiary/aromatic N) is 1. The van der Waals surface area contributed by atoms with Crippen LogP contribution < -0.4 is 11.1 Å². The molecule has 4 nitrogen and oxygen atoms in total. The number of hydrogen-bond donors (Lipinski definition) is 3. The minimum atomic E-state index is -0.272. The molecular formula is C15H15Cl2N3O. The van der Waals surface area contributed by atoms with Crippen LogP contribution in [0.5, 0.6) is 0 Å². The van der Waals surface area contributed by atoms with Gasteiger partial charge >= 0.3 is 0 Å². The van der Waals surface area contributed by atoms with E-state index in [1.807, 2.05) is 30.3 Å². The van der Waals surface area contributed by atoms with Crippen LogP contribution in [-0.4, -0.2) is 17.6 Å². The van der Waals surface area contributed by atoms with Crippen LogP contribution in [0.25, 0.3) is 0 Å². The van der Waals surface area contributed by atoms with Gasteiger partial charge in [0.05, 0.1) is 16.6 Å². The van der Waals surface area contributed by atoms with Crippen molar-refractivity contribution in [3.05, 3.63) is 64.1 Å². The van der Waals surface area contributed by atoms with Crippen molar-refractivity contribution in [3.8, 4) is 0 Å². The van der Waals surface area contributed by atoms with Gasteiger partial charge in [-0.25, -0.2) is 0 Å². The van der Waals surface area contributed by atoms with Crippen molar-refractivity contribution >= 4 is 34.7 Å². The summed E-state index contributed by atoms with van der Waals surface area (Å²) in [4.78, 5) is 0. The molecule has 0 spiro atoms. The van der Waals surface area contributed by atoms with E-state index in [0.717, 1.165) is 5.56 Å². The molecule has 0 aromatic heterocycles. The van der Waals surface area contributed by atoms with Crippen LogP contribution in [0.15, 0.2) is 53.7 Å². The lowest BCUT2D eigenvalue weighted by molar-refractivity contribution is 0.316. The van der Waals surface area contributed by atoms with Crippen LogP contribution in [-0.2, 0) is 0 Å². The van der Waals surface area contributed by atoms with E-state index in [9.17, 15) is 0 Å². The van der Waals surface area contributed by atoms with E-state index in [0.29, 0.717) is 22.3 Å². The highest BCUT2D eigenvalue weighted by Gasteiger charge is 2.16. The molecule has 0 aliphatic heterocycles. The summed E-state index contributed by atoms with van der Waals surface area (Å²) < 4.78 is 0. The van der Waals surface area contributed by atoms with E-state index in [-0.39, 0.29) is 11.8 Å². The molecule has 0 bridgehead atoms. The average Bonchev–Trinajstić information content (AvgIpc) is 2.51. The number of benzene rings is 2. The molecular weight excluding hydrogens is 309 g/mol. The topological polar surface area (TPSA) is 70.6 Å². The van der Waals surface area contributed by atoms with Crippen molar-refractivity contribution in [2.75, 3.05) is 11.9 Å². The Kier molecular flexibility index (Phi) is 5.31. The predicted octanol–water partition coefficient (Wildman–Crippen LogP) is 3.94. The Hall–Kier alpha value is -1.91. The number of rotatable bonds is 5. The summed E-state index contributed by atoms with van der Waals surface area (Å²) in [5.74, 6) is -0.141. The molecule has 0 radical (unpaired) electrons. The molecule has 21 heavy (non-hydrogen) atoms.